The van der Waals surface area contributed by atoms with E-state index in [9.17, 15) is 9.59 Å². The van der Waals surface area contributed by atoms with Crippen LogP contribution in [-0.4, -0.2) is 30.9 Å². The highest BCUT2D eigenvalue weighted by molar-refractivity contribution is 5.92. The zero-order valence-electron chi connectivity index (χ0n) is 11.6. The Labute approximate surface area is 113 Å². The number of benzene rings is 1. The van der Waals surface area contributed by atoms with E-state index in [-0.39, 0.29) is 30.9 Å². The van der Waals surface area contributed by atoms with Gasteiger partial charge in [0.2, 0.25) is 11.8 Å². The van der Waals surface area contributed by atoms with Crippen LogP contribution in [-0.2, 0) is 9.59 Å². The summed E-state index contributed by atoms with van der Waals surface area (Å²) in [6, 6.07) is 7.67. The van der Waals surface area contributed by atoms with Crippen LogP contribution in [0.5, 0.6) is 0 Å². The lowest BCUT2D eigenvalue weighted by atomic mass is 10.2. The Hall–Kier alpha value is -1.88. The van der Waals surface area contributed by atoms with Gasteiger partial charge in [-0.15, -0.1) is 0 Å². The van der Waals surface area contributed by atoms with Gasteiger partial charge in [-0.3, -0.25) is 14.9 Å². The Bertz CT molecular complexity index is 444. The summed E-state index contributed by atoms with van der Waals surface area (Å²) in [5.41, 5.74) is 1.85. The largest absolute Gasteiger partial charge is 0.353 e. The average Bonchev–Trinajstić information content (AvgIpc) is 2.27. The molecule has 5 heteroatoms. The lowest BCUT2D eigenvalue weighted by Crippen LogP contribution is -2.40. The molecule has 0 unspecified atom stereocenters. The maximum Gasteiger partial charge on any atom is 0.238 e. The zero-order chi connectivity index (χ0) is 14.3. The summed E-state index contributed by atoms with van der Waals surface area (Å²) >= 11 is 0. The van der Waals surface area contributed by atoms with Crippen molar-refractivity contribution < 1.29 is 9.59 Å². The van der Waals surface area contributed by atoms with Crippen molar-refractivity contribution in [2.45, 2.75) is 26.8 Å². The highest BCUT2D eigenvalue weighted by atomic mass is 16.2. The van der Waals surface area contributed by atoms with Crippen molar-refractivity contribution in [1.82, 2.24) is 10.6 Å². The Morgan fingerprint density at radius 2 is 1.84 bits per heavy atom. The predicted molar refractivity (Wildman–Crippen MR) is 76.0 cm³/mol. The van der Waals surface area contributed by atoms with Gasteiger partial charge in [0.1, 0.15) is 0 Å². The lowest BCUT2D eigenvalue weighted by Gasteiger charge is -2.09. The van der Waals surface area contributed by atoms with Gasteiger partial charge in [-0.25, -0.2) is 0 Å². The molecule has 2 amide bonds. The smallest absolute Gasteiger partial charge is 0.238 e. The van der Waals surface area contributed by atoms with Crippen molar-refractivity contribution in [2.24, 2.45) is 0 Å². The molecule has 0 aromatic heterocycles. The molecule has 0 bridgehead atoms. The molecule has 1 aromatic carbocycles. The number of carbonyl (C=O) groups excluding carboxylic acids is 2. The molecule has 0 aliphatic carbocycles. The number of amides is 2. The molecule has 0 radical (unpaired) electrons. The molecule has 0 aliphatic heterocycles. The van der Waals surface area contributed by atoms with Crippen LogP contribution in [0.3, 0.4) is 0 Å². The normalized spacial score (nSPS) is 10.3. The van der Waals surface area contributed by atoms with Gasteiger partial charge in [0, 0.05) is 11.7 Å². The Morgan fingerprint density at radius 1 is 1.16 bits per heavy atom. The first-order valence-corrected chi connectivity index (χ1v) is 6.34. The molecule has 0 atom stereocenters. The van der Waals surface area contributed by atoms with Crippen molar-refractivity contribution in [3.8, 4) is 0 Å². The van der Waals surface area contributed by atoms with Crippen LogP contribution in [0.2, 0.25) is 0 Å². The molecule has 0 fully saturated rings. The third kappa shape index (κ3) is 6.57. The van der Waals surface area contributed by atoms with Crippen molar-refractivity contribution in [3.05, 3.63) is 29.8 Å². The summed E-state index contributed by atoms with van der Waals surface area (Å²) in [6.07, 6.45) is 0. The Kier molecular flexibility index (Phi) is 6.02. The van der Waals surface area contributed by atoms with E-state index in [1.807, 2.05) is 45.0 Å². The van der Waals surface area contributed by atoms with Crippen molar-refractivity contribution >= 4 is 17.5 Å². The summed E-state index contributed by atoms with van der Waals surface area (Å²) in [5, 5.41) is 8.31. The first kappa shape index (κ1) is 15.2. The summed E-state index contributed by atoms with van der Waals surface area (Å²) in [7, 11) is 0. The van der Waals surface area contributed by atoms with E-state index < -0.39 is 0 Å². The number of hydrogen-bond acceptors (Lipinski definition) is 3. The SMILES string of the molecule is Cc1cccc(NC(=O)CNCC(=O)NC(C)C)c1. The molecule has 0 aliphatic rings. The standard InChI is InChI=1S/C14H21N3O2/c1-10(2)16-13(18)8-15-9-14(19)17-12-6-4-5-11(3)7-12/h4-7,10,15H,8-9H2,1-3H3,(H,16,18)(H,17,19). The zero-order valence-corrected chi connectivity index (χ0v) is 11.6. The number of carbonyl (C=O) groups is 2. The quantitative estimate of drug-likeness (QED) is 0.718. The Morgan fingerprint density at radius 3 is 2.47 bits per heavy atom. The van der Waals surface area contributed by atoms with Crippen molar-refractivity contribution in [2.75, 3.05) is 18.4 Å². The summed E-state index contributed by atoms with van der Waals surface area (Å²) in [4.78, 5) is 23.0. The number of aryl methyl sites for hydroxylation is 1. The monoisotopic (exact) mass is 263 g/mol. The van der Waals surface area contributed by atoms with E-state index in [0.717, 1.165) is 11.3 Å². The van der Waals surface area contributed by atoms with Crippen LogP contribution in [0.1, 0.15) is 19.4 Å². The molecule has 5 nitrogen and oxygen atoms in total. The minimum absolute atomic E-state index is 0.107. The lowest BCUT2D eigenvalue weighted by molar-refractivity contribution is -0.120. The highest BCUT2D eigenvalue weighted by Crippen LogP contribution is 2.08. The molecule has 3 N–H and O–H groups in total. The molecule has 0 heterocycles. The van der Waals surface area contributed by atoms with E-state index in [1.165, 1.54) is 0 Å². The van der Waals surface area contributed by atoms with Crippen LogP contribution < -0.4 is 16.0 Å². The van der Waals surface area contributed by atoms with Gasteiger partial charge in [-0.1, -0.05) is 12.1 Å². The molecule has 0 spiro atoms. The van der Waals surface area contributed by atoms with Gasteiger partial charge in [0.05, 0.1) is 13.1 Å². The number of nitrogens with one attached hydrogen (secondary N) is 3. The first-order chi connectivity index (χ1) is 8.97. The predicted octanol–water partition coefficient (Wildman–Crippen LogP) is 1.05. The second-order valence-electron chi connectivity index (χ2n) is 4.74. The highest BCUT2D eigenvalue weighted by Gasteiger charge is 2.05. The van der Waals surface area contributed by atoms with Gasteiger partial charge in [0.15, 0.2) is 0 Å². The van der Waals surface area contributed by atoms with Crippen LogP contribution in [0, 0.1) is 6.92 Å². The second-order valence-corrected chi connectivity index (χ2v) is 4.74. The van der Waals surface area contributed by atoms with Crippen molar-refractivity contribution in [3.63, 3.8) is 0 Å². The molecular weight excluding hydrogens is 242 g/mol. The summed E-state index contributed by atoms with van der Waals surface area (Å²) < 4.78 is 0. The fourth-order valence-corrected chi connectivity index (χ4v) is 1.59. The molecule has 1 rings (SSSR count). The fourth-order valence-electron chi connectivity index (χ4n) is 1.59. The van der Waals surface area contributed by atoms with Gasteiger partial charge in [0.25, 0.3) is 0 Å². The summed E-state index contributed by atoms with van der Waals surface area (Å²) in [6.45, 7) is 5.99. The van der Waals surface area contributed by atoms with E-state index in [0.29, 0.717) is 0 Å². The third-order valence-electron chi connectivity index (χ3n) is 2.32. The number of rotatable bonds is 6. The Balaban J connectivity index is 2.27. The molecule has 0 saturated carbocycles. The first-order valence-electron chi connectivity index (χ1n) is 6.34. The maximum atomic E-state index is 11.6. The molecular formula is C14H21N3O2. The van der Waals surface area contributed by atoms with E-state index in [1.54, 1.807) is 0 Å². The molecule has 104 valence electrons. The minimum Gasteiger partial charge on any atom is -0.353 e. The van der Waals surface area contributed by atoms with Gasteiger partial charge >= 0.3 is 0 Å². The number of anilines is 1. The van der Waals surface area contributed by atoms with E-state index >= 15 is 0 Å². The minimum atomic E-state index is -0.164. The third-order valence-corrected chi connectivity index (χ3v) is 2.32. The molecule has 0 saturated heterocycles. The fraction of sp³-hybridized carbons (Fsp3) is 0.429. The van der Waals surface area contributed by atoms with E-state index in [2.05, 4.69) is 16.0 Å². The average molecular weight is 263 g/mol. The van der Waals surface area contributed by atoms with E-state index in [4.69, 9.17) is 0 Å². The van der Waals surface area contributed by atoms with Gasteiger partial charge < -0.3 is 10.6 Å². The topological polar surface area (TPSA) is 70.2 Å². The van der Waals surface area contributed by atoms with Crippen LogP contribution in [0.4, 0.5) is 5.69 Å². The van der Waals surface area contributed by atoms with Crippen LogP contribution >= 0.6 is 0 Å². The van der Waals surface area contributed by atoms with Crippen molar-refractivity contribution in [1.29, 1.82) is 0 Å². The van der Waals surface area contributed by atoms with Crippen LogP contribution in [0.15, 0.2) is 24.3 Å². The van der Waals surface area contributed by atoms with Gasteiger partial charge in [-0.05, 0) is 38.5 Å². The second kappa shape index (κ2) is 7.53. The number of hydrogen-bond donors (Lipinski definition) is 3. The molecule has 19 heavy (non-hydrogen) atoms. The van der Waals surface area contributed by atoms with Gasteiger partial charge in [-0.2, -0.15) is 0 Å². The molecule has 1 aromatic rings. The summed E-state index contributed by atoms with van der Waals surface area (Å²) in [5.74, 6) is -0.277. The van der Waals surface area contributed by atoms with Crippen LogP contribution in [0.25, 0.3) is 0 Å². The maximum absolute atomic E-state index is 11.6.